The normalized spacial score (nSPS) is 12.1. The van der Waals surface area contributed by atoms with Crippen molar-refractivity contribution < 1.29 is 9.90 Å². The smallest absolute Gasteiger partial charge is 0.0414 e. The SMILES string of the molecule is CCCC\C=C/C=C/C=C\CCCCCCCC(=O)[O-]. The molecule has 0 aromatic heterocycles. The van der Waals surface area contributed by atoms with Crippen LogP contribution in [-0.2, 0) is 4.79 Å². The lowest BCUT2D eigenvalue weighted by Gasteiger charge is -2.01. The maximum atomic E-state index is 10.2. The highest BCUT2D eigenvalue weighted by Crippen LogP contribution is 2.07. The summed E-state index contributed by atoms with van der Waals surface area (Å²) in [7, 11) is 0. The first-order valence-electron chi connectivity index (χ1n) is 7.95. The lowest BCUT2D eigenvalue weighted by Crippen LogP contribution is -2.21. The first-order valence-corrected chi connectivity index (χ1v) is 7.95. The number of unbranched alkanes of at least 4 members (excludes halogenated alkanes) is 7. The summed E-state index contributed by atoms with van der Waals surface area (Å²) in [6, 6.07) is 0. The van der Waals surface area contributed by atoms with Gasteiger partial charge in [0.15, 0.2) is 0 Å². The Morgan fingerprint density at radius 1 is 0.800 bits per heavy atom. The topological polar surface area (TPSA) is 40.1 Å². The standard InChI is InChI=1S/C18H30O2/c1-2-3-4-5-6-7-8-9-10-11-12-13-14-15-16-17-18(19)20/h5-10H,2-4,11-17H2,1H3,(H,19,20)/p-1/b6-5-,8-7+,10-9-. The first-order chi connectivity index (χ1) is 9.77. The lowest BCUT2D eigenvalue weighted by molar-refractivity contribution is -0.305. The summed E-state index contributed by atoms with van der Waals surface area (Å²) in [6.07, 6.45) is 23.0. The zero-order valence-corrected chi connectivity index (χ0v) is 12.9. The van der Waals surface area contributed by atoms with Gasteiger partial charge in [-0.1, -0.05) is 75.5 Å². The van der Waals surface area contributed by atoms with Crippen molar-refractivity contribution in [3.63, 3.8) is 0 Å². The number of carboxylic acid groups (broad SMARTS) is 1. The summed E-state index contributed by atoms with van der Waals surface area (Å²) < 4.78 is 0. The molecule has 0 saturated carbocycles. The minimum absolute atomic E-state index is 0.205. The molecule has 0 atom stereocenters. The van der Waals surface area contributed by atoms with Gasteiger partial charge in [0.25, 0.3) is 0 Å². The predicted molar refractivity (Wildman–Crippen MR) is 84.3 cm³/mol. The molecule has 0 N–H and O–H groups in total. The summed E-state index contributed by atoms with van der Waals surface area (Å²) in [6.45, 7) is 2.20. The van der Waals surface area contributed by atoms with Crippen molar-refractivity contribution in [2.75, 3.05) is 0 Å². The number of hydrogen-bond donors (Lipinski definition) is 0. The van der Waals surface area contributed by atoms with Crippen LogP contribution in [0.15, 0.2) is 36.5 Å². The maximum Gasteiger partial charge on any atom is 0.0414 e. The number of rotatable bonds is 13. The summed E-state index contributed by atoms with van der Waals surface area (Å²) in [5, 5.41) is 10.2. The average Bonchev–Trinajstić information content (AvgIpc) is 2.43. The van der Waals surface area contributed by atoms with Crippen LogP contribution in [0.5, 0.6) is 0 Å². The Kier molecular flexibility index (Phi) is 14.7. The van der Waals surface area contributed by atoms with Gasteiger partial charge in [-0.15, -0.1) is 0 Å². The summed E-state index contributed by atoms with van der Waals surface area (Å²) >= 11 is 0. The van der Waals surface area contributed by atoms with Crippen molar-refractivity contribution in [3.05, 3.63) is 36.5 Å². The molecule has 20 heavy (non-hydrogen) atoms. The Hall–Kier alpha value is -1.31. The zero-order valence-electron chi connectivity index (χ0n) is 12.9. The molecule has 0 aliphatic rings. The summed E-state index contributed by atoms with van der Waals surface area (Å²) in [4.78, 5) is 10.2. The molecular formula is C18H29O2-. The van der Waals surface area contributed by atoms with E-state index in [0.717, 1.165) is 25.7 Å². The zero-order chi connectivity index (χ0) is 14.9. The van der Waals surface area contributed by atoms with E-state index in [1.807, 2.05) is 0 Å². The van der Waals surface area contributed by atoms with Gasteiger partial charge in [-0.25, -0.2) is 0 Å². The minimum atomic E-state index is -0.927. The predicted octanol–water partition coefficient (Wildman–Crippen LogP) is 4.33. The van der Waals surface area contributed by atoms with E-state index >= 15 is 0 Å². The Balaban J connectivity index is 3.29. The maximum absolute atomic E-state index is 10.2. The monoisotopic (exact) mass is 277 g/mol. The fourth-order valence-corrected chi connectivity index (χ4v) is 1.86. The number of allylic oxidation sites excluding steroid dienone is 6. The molecule has 0 aromatic carbocycles. The van der Waals surface area contributed by atoms with E-state index in [9.17, 15) is 9.90 Å². The Morgan fingerprint density at radius 3 is 1.95 bits per heavy atom. The Labute approximate surface area is 124 Å². The fourth-order valence-electron chi connectivity index (χ4n) is 1.86. The van der Waals surface area contributed by atoms with E-state index in [-0.39, 0.29) is 6.42 Å². The lowest BCUT2D eigenvalue weighted by atomic mass is 10.1. The molecule has 2 nitrogen and oxygen atoms in total. The molecule has 0 aliphatic heterocycles. The third-order valence-electron chi connectivity index (χ3n) is 3.08. The third kappa shape index (κ3) is 16.7. The van der Waals surface area contributed by atoms with Crippen LogP contribution in [0.25, 0.3) is 0 Å². The van der Waals surface area contributed by atoms with Crippen molar-refractivity contribution in [1.82, 2.24) is 0 Å². The van der Waals surface area contributed by atoms with E-state index in [1.165, 1.54) is 32.1 Å². The van der Waals surface area contributed by atoms with Gasteiger partial charge in [0.1, 0.15) is 0 Å². The van der Waals surface area contributed by atoms with E-state index in [2.05, 4.69) is 43.4 Å². The molecule has 0 fully saturated rings. The van der Waals surface area contributed by atoms with Crippen LogP contribution in [0, 0.1) is 0 Å². The molecule has 0 rings (SSSR count). The van der Waals surface area contributed by atoms with Crippen LogP contribution in [0.3, 0.4) is 0 Å². The van der Waals surface area contributed by atoms with Crippen LogP contribution in [-0.4, -0.2) is 5.97 Å². The molecule has 0 aromatic rings. The summed E-state index contributed by atoms with van der Waals surface area (Å²) in [5.74, 6) is -0.927. The number of hydrogen-bond acceptors (Lipinski definition) is 2. The second-order valence-electron chi connectivity index (χ2n) is 5.06. The molecule has 0 heterocycles. The molecule has 0 saturated heterocycles. The highest BCUT2D eigenvalue weighted by atomic mass is 16.4. The van der Waals surface area contributed by atoms with Gasteiger partial charge >= 0.3 is 0 Å². The van der Waals surface area contributed by atoms with Crippen molar-refractivity contribution >= 4 is 5.97 Å². The number of carbonyl (C=O) groups is 1. The van der Waals surface area contributed by atoms with Gasteiger partial charge in [-0.3, -0.25) is 0 Å². The Bertz CT molecular complexity index is 301. The molecule has 2 heteroatoms. The fraction of sp³-hybridized carbons (Fsp3) is 0.611. The molecule has 0 bridgehead atoms. The highest BCUT2D eigenvalue weighted by molar-refractivity contribution is 5.63. The van der Waals surface area contributed by atoms with Crippen LogP contribution >= 0.6 is 0 Å². The average molecular weight is 277 g/mol. The molecule has 0 spiro atoms. The van der Waals surface area contributed by atoms with Crippen molar-refractivity contribution in [1.29, 1.82) is 0 Å². The van der Waals surface area contributed by atoms with Crippen LogP contribution < -0.4 is 5.11 Å². The van der Waals surface area contributed by atoms with Gasteiger partial charge in [-0.2, -0.15) is 0 Å². The molecule has 0 radical (unpaired) electrons. The molecule has 114 valence electrons. The van der Waals surface area contributed by atoms with Crippen LogP contribution in [0.1, 0.15) is 71.1 Å². The number of aliphatic carboxylic acids is 1. The largest absolute Gasteiger partial charge is 0.550 e. The van der Waals surface area contributed by atoms with E-state index in [4.69, 9.17) is 0 Å². The van der Waals surface area contributed by atoms with Gasteiger partial charge in [0.2, 0.25) is 0 Å². The molecule has 0 amide bonds. The van der Waals surface area contributed by atoms with E-state index < -0.39 is 5.97 Å². The van der Waals surface area contributed by atoms with Gasteiger partial charge < -0.3 is 9.90 Å². The van der Waals surface area contributed by atoms with Crippen molar-refractivity contribution in [2.45, 2.75) is 71.1 Å². The second-order valence-corrected chi connectivity index (χ2v) is 5.06. The van der Waals surface area contributed by atoms with Gasteiger partial charge in [0, 0.05) is 5.97 Å². The van der Waals surface area contributed by atoms with Crippen LogP contribution in [0.4, 0.5) is 0 Å². The quantitative estimate of drug-likeness (QED) is 0.371. The van der Waals surface area contributed by atoms with Crippen LogP contribution in [0.2, 0.25) is 0 Å². The molecule has 0 unspecified atom stereocenters. The second kappa shape index (κ2) is 15.7. The first kappa shape index (κ1) is 18.7. The molecule has 0 aliphatic carbocycles. The van der Waals surface area contributed by atoms with Crippen molar-refractivity contribution in [3.8, 4) is 0 Å². The third-order valence-corrected chi connectivity index (χ3v) is 3.08. The van der Waals surface area contributed by atoms with Crippen molar-refractivity contribution in [2.24, 2.45) is 0 Å². The van der Waals surface area contributed by atoms with E-state index in [0.29, 0.717) is 0 Å². The molecular weight excluding hydrogens is 248 g/mol. The van der Waals surface area contributed by atoms with E-state index in [1.54, 1.807) is 0 Å². The number of carbonyl (C=O) groups excluding carboxylic acids is 1. The van der Waals surface area contributed by atoms with Gasteiger partial charge in [0.05, 0.1) is 0 Å². The number of carboxylic acids is 1. The highest BCUT2D eigenvalue weighted by Gasteiger charge is 1.90. The van der Waals surface area contributed by atoms with Gasteiger partial charge in [-0.05, 0) is 32.1 Å². The summed E-state index contributed by atoms with van der Waals surface area (Å²) in [5.41, 5.74) is 0. The minimum Gasteiger partial charge on any atom is -0.550 e. The Morgan fingerprint density at radius 2 is 1.35 bits per heavy atom.